The summed E-state index contributed by atoms with van der Waals surface area (Å²) in [5.41, 5.74) is 5.57. The van der Waals surface area contributed by atoms with Gasteiger partial charge in [-0.05, 0) is 18.4 Å². The third-order valence-electron chi connectivity index (χ3n) is 2.39. The Bertz CT molecular complexity index is 426. The second kappa shape index (κ2) is 6.20. The van der Waals surface area contributed by atoms with Gasteiger partial charge >= 0.3 is 0 Å². The molecule has 1 unspecified atom stereocenters. The van der Waals surface area contributed by atoms with E-state index in [1.54, 1.807) is 12.1 Å². The zero-order chi connectivity index (χ0) is 12.8. The van der Waals surface area contributed by atoms with Crippen LogP contribution in [0.25, 0.3) is 0 Å². The molecule has 0 aliphatic rings. The number of carbonyl (C=O) groups excluding carboxylic acids is 1. The highest BCUT2D eigenvalue weighted by atomic mass is 16.2. The fourth-order valence-electron chi connectivity index (χ4n) is 1.63. The Morgan fingerprint density at radius 3 is 2.71 bits per heavy atom. The van der Waals surface area contributed by atoms with Crippen molar-refractivity contribution in [1.29, 1.82) is 0 Å². The van der Waals surface area contributed by atoms with E-state index in [1.807, 2.05) is 0 Å². The molecule has 1 atom stereocenters. The first-order valence-electron chi connectivity index (χ1n) is 5.73. The molecule has 1 heterocycles. The summed E-state index contributed by atoms with van der Waals surface area (Å²) in [6, 6.07) is 4.42. The summed E-state index contributed by atoms with van der Waals surface area (Å²) in [6.45, 7) is 4.53. The summed E-state index contributed by atoms with van der Waals surface area (Å²) in [6.07, 6.45) is 0.819. The molecule has 1 amide bonds. The van der Waals surface area contributed by atoms with Gasteiger partial charge in [0.15, 0.2) is 0 Å². The molecule has 0 spiro atoms. The molecule has 0 bridgehead atoms. The third-order valence-corrected chi connectivity index (χ3v) is 2.39. The fourth-order valence-corrected chi connectivity index (χ4v) is 1.63. The number of aromatic nitrogens is 1. The average molecular weight is 237 g/mol. The molecule has 0 aliphatic heterocycles. The smallest absolute Gasteiger partial charge is 0.268 e. The summed E-state index contributed by atoms with van der Waals surface area (Å²) < 4.78 is 0. The number of nitrogens with one attached hydrogen (secondary N) is 2. The van der Waals surface area contributed by atoms with Crippen LogP contribution in [0.2, 0.25) is 0 Å². The van der Waals surface area contributed by atoms with Crippen LogP contribution < -0.4 is 16.6 Å². The Balaban J connectivity index is 2.67. The van der Waals surface area contributed by atoms with E-state index in [-0.39, 0.29) is 23.2 Å². The van der Waals surface area contributed by atoms with Gasteiger partial charge in [0.2, 0.25) is 5.56 Å². The molecule has 5 nitrogen and oxygen atoms in total. The molecular formula is C12H19N3O2. The Kier molecular flexibility index (Phi) is 4.90. The zero-order valence-corrected chi connectivity index (χ0v) is 10.2. The third kappa shape index (κ3) is 4.40. The van der Waals surface area contributed by atoms with Crippen LogP contribution in [0.1, 0.15) is 30.8 Å². The molecule has 1 rings (SSSR count). The van der Waals surface area contributed by atoms with E-state index in [0.717, 1.165) is 6.42 Å². The number of carbonyl (C=O) groups is 1. The lowest BCUT2D eigenvalue weighted by Gasteiger charge is -2.18. The van der Waals surface area contributed by atoms with E-state index >= 15 is 0 Å². The van der Waals surface area contributed by atoms with Crippen molar-refractivity contribution in [2.75, 3.05) is 6.54 Å². The molecule has 0 saturated heterocycles. The number of nitrogens with two attached hydrogens (primary N) is 1. The van der Waals surface area contributed by atoms with Crippen molar-refractivity contribution in [2.45, 2.75) is 26.3 Å². The van der Waals surface area contributed by atoms with Crippen LogP contribution in [0.3, 0.4) is 0 Å². The lowest BCUT2D eigenvalue weighted by Crippen LogP contribution is -2.41. The Labute approximate surface area is 100 Å². The van der Waals surface area contributed by atoms with Crippen LogP contribution >= 0.6 is 0 Å². The quantitative estimate of drug-likeness (QED) is 0.696. The van der Waals surface area contributed by atoms with Gasteiger partial charge in [-0.25, -0.2) is 0 Å². The largest absolute Gasteiger partial charge is 0.347 e. The normalized spacial score (nSPS) is 12.5. The minimum atomic E-state index is -0.293. The van der Waals surface area contributed by atoms with E-state index in [2.05, 4.69) is 24.1 Å². The SMILES string of the molecule is CC(C)CC(CN)NC(=O)c1cccc(=O)[nH]1. The van der Waals surface area contributed by atoms with Crippen LogP contribution in [0.5, 0.6) is 0 Å². The molecule has 1 aromatic rings. The number of H-pyrrole nitrogens is 1. The topological polar surface area (TPSA) is 88.0 Å². The van der Waals surface area contributed by atoms with Gasteiger partial charge in [-0.3, -0.25) is 9.59 Å². The standard InChI is InChI=1S/C12H19N3O2/c1-8(2)6-9(7-13)14-12(17)10-4-3-5-11(16)15-10/h3-5,8-9H,6-7,13H2,1-2H3,(H,14,17)(H,15,16). The summed E-state index contributed by atoms with van der Waals surface area (Å²) >= 11 is 0. The lowest BCUT2D eigenvalue weighted by molar-refractivity contribution is 0.0928. The van der Waals surface area contributed by atoms with Crippen LogP contribution in [0.4, 0.5) is 0 Å². The Morgan fingerprint density at radius 1 is 1.47 bits per heavy atom. The van der Waals surface area contributed by atoms with Gasteiger partial charge in [-0.15, -0.1) is 0 Å². The van der Waals surface area contributed by atoms with E-state index < -0.39 is 0 Å². The number of rotatable bonds is 5. The molecule has 0 fully saturated rings. The van der Waals surface area contributed by atoms with Gasteiger partial charge < -0.3 is 16.0 Å². The van der Waals surface area contributed by atoms with Gasteiger partial charge in [-0.2, -0.15) is 0 Å². The van der Waals surface area contributed by atoms with Crippen LogP contribution in [0, 0.1) is 5.92 Å². The molecule has 0 saturated carbocycles. The van der Waals surface area contributed by atoms with Crippen molar-refractivity contribution in [1.82, 2.24) is 10.3 Å². The van der Waals surface area contributed by atoms with Crippen molar-refractivity contribution >= 4 is 5.91 Å². The molecule has 0 aromatic carbocycles. The molecule has 17 heavy (non-hydrogen) atoms. The van der Waals surface area contributed by atoms with Gasteiger partial charge in [0, 0.05) is 18.7 Å². The number of hydrogen-bond donors (Lipinski definition) is 3. The lowest BCUT2D eigenvalue weighted by atomic mass is 10.0. The van der Waals surface area contributed by atoms with Crippen molar-refractivity contribution in [3.63, 3.8) is 0 Å². The molecule has 5 heteroatoms. The number of amides is 1. The summed E-state index contributed by atoms with van der Waals surface area (Å²) in [5.74, 6) is 0.164. The summed E-state index contributed by atoms with van der Waals surface area (Å²) in [7, 11) is 0. The van der Waals surface area contributed by atoms with E-state index in [4.69, 9.17) is 5.73 Å². The Morgan fingerprint density at radius 2 is 2.18 bits per heavy atom. The number of aromatic amines is 1. The van der Waals surface area contributed by atoms with Gasteiger partial charge in [0.25, 0.3) is 5.91 Å². The Hall–Kier alpha value is -1.62. The minimum absolute atomic E-state index is 0.0637. The maximum Gasteiger partial charge on any atom is 0.268 e. The second-order valence-corrected chi connectivity index (χ2v) is 4.46. The van der Waals surface area contributed by atoms with Crippen molar-refractivity contribution in [3.05, 3.63) is 34.2 Å². The zero-order valence-electron chi connectivity index (χ0n) is 10.2. The van der Waals surface area contributed by atoms with E-state index in [1.165, 1.54) is 6.07 Å². The van der Waals surface area contributed by atoms with Gasteiger partial charge in [-0.1, -0.05) is 19.9 Å². The van der Waals surface area contributed by atoms with E-state index in [9.17, 15) is 9.59 Å². The first kappa shape index (κ1) is 13.4. The first-order chi connectivity index (χ1) is 8.02. The van der Waals surface area contributed by atoms with Crippen molar-refractivity contribution < 1.29 is 4.79 Å². The first-order valence-corrected chi connectivity index (χ1v) is 5.73. The van der Waals surface area contributed by atoms with Crippen LogP contribution in [0.15, 0.2) is 23.0 Å². The molecule has 1 aromatic heterocycles. The maximum absolute atomic E-state index is 11.8. The fraction of sp³-hybridized carbons (Fsp3) is 0.500. The van der Waals surface area contributed by atoms with Gasteiger partial charge in [0.05, 0.1) is 0 Å². The van der Waals surface area contributed by atoms with E-state index in [0.29, 0.717) is 12.5 Å². The monoisotopic (exact) mass is 237 g/mol. The van der Waals surface area contributed by atoms with Crippen molar-refractivity contribution in [3.8, 4) is 0 Å². The predicted octanol–water partition coefficient (Wildman–Crippen LogP) is 0.478. The molecule has 0 aliphatic carbocycles. The highest BCUT2D eigenvalue weighted by Gasteiger charge is 2.14. The molecular weight excluding hydrogens is 218 g/mol. The van der Waals surface area contributed by atoms with Crippen LogP contribution in [-0.4, -0.2) is 23.5 Å². The highest BCUT2D eigenvalue weighted by Crippen LogP contribution is 2.04. The number of hydrogen-bond acceptors (Lipinski definition) is 3. The van der Waals surface area contributed by atoms with Crippen molar-refractivity contribution in [2.24, 2.45) is 11.7 Å². The van der Waals surface area contributed by atoms with Gasteiger partial charge in [0.1, 0.15) is 5.69 Å². The summed E-state index contributed by atoms with van der Waals surface area (Å²) in [4.78, 5) is 25.4. The molecule has 4 N–H and O–H groups in total. The second-order valence-electron chi connectivity index (χ2n) is 4.46. The highest BCUT2D eigenvalue weighted by molar-refractivity contribution is 5.92. The maximum atomic E-state index is 11.8. The summed E-state index contributed by atoms with van der Waals surface area (Å²) in [5, 5.41) is 2.81. The number of pyridine rings is 1. The van der Waals surface area contributed by atoms with Crippen LogP contribution in [-0.2, 0) is 0 Å². The molecule has 0 radical (unpaired) electrons. The molecule has 94 valence electrons. The predicted molar refractivity (Wildman–Crippen MR) is 66.8 cm³/mol. The minimum Gasteiger partial charge on any atom is -0.347 e. The average Bonchev–Trinajstić information content (AvgIpc) is 2.27.